The van der Waals surface area contributed by atoms with Gasteiger partial charge in [-0.25, -0.2) is 9.02 Å². The molecule has 1 aromatic heterocycles. The van der Waals surface area contributed by atoms with Crippen molar-refractivity contribution >= 4 is 23.4 Å². The Morgan fingerprint density at radius 3 is 2.65 bits per heavy atom. The molecule has 0 saturated heterocycles. The Hall–Kier alpha value is -3.00. The summed E-state index contributed by atoms with van der Waals surface area (Å²) in [5, 5.41) is 28.4. The zero-order valence-corrected chi connectivity index (χ0v) is 15.0. The van der Waals surface area contributed by atoms with Crippen LogP contribution in [-0.4, -0.2) is 39.9 Å². The number of halogens is 1. The lowest BCUT2D eigenvalue weighted by Gasteiger charge is -2.17. The number of benzene rings is 1. The maximum absolute atomic E-state index is 12.4. The summed E-state index contributed by atoms with van der Waals surface area (Å²) in [6, 6.07) is 5.02. The third-order valence-electron chi connectivity index (χ3n) is 3.27. The van der Waals surface area contributed by atoms with Crippen LogP contribution in [0, 0.1) is 17.3 Å². The smallest absolute Gasteiger partial charge is 0.202 e. The van der Waals surface area contributed by atoms with E-state index in [1.54, 1.807) is 17.8 Å². The van der Waals surface area contributed by atoms with Crippen molar-refractivity contribution in [1.82, 2.24) is 10.3 Å². The summed E-state index contributed by atoms with van der Waals surface area (Å²) in [7, 11) is 0. The molecule has 0 spiro atoms. The van der Waals surface area contributed by atoms with Crippen LogP contribution in [0.1, 0.15) is 16.8 Å². The summed E-state index contributed by atoms with van der Waals surface area (Å²) in [5.74, 6) is 1.07. The molecule has 1 aromatic carbocycles. The summed E-state index contributed by atoms with van der Waals surface area (Å²) in [4.78, 5) is 0. The summed E-state index contributed by atoms with van der Waals surface area (Å²) in [6.07, 6.45) is 5.44. The van der Waals surface area contributed by atoms with Gasteiger partial charge in [-0.05, 0) is 52.7 Å². The number of aromatic nitrogens is 2. The highest BCUT2D eigenvalue weighted by molar-refractivity contribution is 7.98. The van der Waals surface area contributed by atoms with Gasteiger partial charge >= 0.3 is 0 Å². The normalized spacial score (nSPS) is 11.5. The van der Waals surface area contributed by atoms with Crippen LogP contribution in [-0.2, 0) is 12.8 Å². The van der Waals surface area contributed by atoms with Crippen molar-refractivity contribution in [3.8, 4) is 6.19 Å². The van der Waals surface area contributed by atoms with E-state index in [0.29, 0.717) is 12.4 Å². The van der Waals surface area contributed by atoms with E-state index < -0.39 is 0 Å². The molecular weight excluding hydrogens is 361 g/mol. The number of hydrogen-bond donors (Lipinski definition) is 4. The van der Waals surface area contributed by atoms with E-state index in [0.717, 1.165) is 18.6 Å². The fourth-order valence-electron chi connectivity index (χ4n) is 1.96. The third-order valence-corrected chi connectivity index (χ3v) is 3.88. The predicted molar refractivity (Wildman–Crippen MR) is 97.3 cm³/mol. The Kier molecular flexibility index (Phi) is 9.34. The third kappa shape index (κ3) is 6.48. The molecule has 0 saturated carbocycles. The van der Waals surface area contributed by atoms with Crippen LogP contribution < -0.4 is 16.8 Å². The van der Waals surface area contributed by atoms with Crippen LogP contribution in [0.4, 0.5) is 10.2 Å². The van der Waals surface area contributed by atoms with Gasteiger partial charge in [0, 0.05) is 12.3 Å². The van der Waals surface area contributed by atoms with Crippen molar-refractivity contribution in [2.45, 2.75) is 12.8 Å². The first-order valence-electron chi connectivity index (χ1n) is 7.47. The van der Waals surface area contributed by atoms with Crippen molar-refractivity contribution in [3.63, 3.8) is 0 Å². The van der Waals surface area contributed by atoms with Crippen molar-refractivity contribution in [2.24, 2.45) is 16.6 Å². The highest BCUT2D eigenvalue weighted by atomic mass is 32.2. The lowest BCUT2D eigenvalue weighted by Crippen LogP contribution is -2.17. The zero-order valence-electron chi connectivity index (χ0n) is 14.1. The van der Waals surface area contributed by atoms with Crippen molar-refractivity contribution in [1.29, 1.82) is 5.26 Å². The summed E-state index contributed by atoms with van der Waals surface area (Å²) in [5.41, 5.74) is 12.2. The minimum Gasteiger partial charge on any atom is -0.409 e. The van der Waals surface area contributed by atoms with Gasteiger partial charge in [0.25, 0.3) is 0 Å². The van der Waals surface area contributed by atoms with Crippen molar-refractivity contribution in [2.75, 3.05) is 23.9 Å². The lowest BCUT2D eigenvalue weighted by molar-refractivity contribution is 0.304. The average molecular weight is 381 g/mol. The van der Waals surface area contributed by atoms with E-state index in [2.05, 4.69) is 31.1 Å². The molecule has 0 unspecified atom stereocenters. The van der Waals surface area contributed by atoms with Gasteiger partial charge < -0.3 is 22.0 Å². The molecule has 0 amide bonds. The largest absolute Gasteiger partial charge is 0.409 e. The number of aryl methyl sites for hydroxylation is 2. The molecule has 1 heterocycles. The monoisotopic (exact) mass is 381 g/mol. The Labute approximate surface area is 154 Å². The van der Waals surface area contributed by atoms with E-state index in [9.17, 15) is 4.39 Å². The van der Waals surface area contributed by atoms with Gasteiger partial charge in [-0.3, -0.25) is 0 Å². The molecule has 0 radical (unpaired) electrons. The molecule has 1 aliphatic rings. The number of rotatable bonds is 5. The van der Waals surface area contributed by atoms with Gasteiger partial charge in [-0.15, -0.1) is 0 Å². The Bertz CT molecular complexity index is 761. The van der Waals surface area contributed by atoms with Gasteiger partial charge in [0.1, 0.15) is 5.82 Å². The highest BCUT2D eigenvalue weighted by Crippen LogP contribution is 2.22. The van der Waals surface area contributed by atoms with Gasteiger partial charge in [0.05, 0.1) is 0 Å². The van der Waals surface area contributed by atoms with Crippen LogP contribution >= 0.6 is 11.8 Å². The van der Waals surface area contributed by atoms with Crippen LogP contribution in [0.15, 0.2) is 28.0 Å². The quantitative estimate of drug-likeness (QED) is 0.114. The molecule has 3 rings (SSSR count). The number of nitrogens with two attached hydrogens (primary N) is 2. The van der Waals surface area contributed by atoms with Crippen LogP contribution in [0.5, 0.6) is 0 Å². The lowest BCUT2D eigenvalue weighted by atomic mass is 9.89. The maximum Gasteiger partial charge on any atom is 0.202 e. The Morgan fingerprint density at radius 2 is 2.15 bits per heavy atom. The topological polar surface area (TPSA) is 159 Å². The SMILES string of the molecule is CSCCNc1nonc1/C(N)=N/O.Fc1ccc2c(c1)CC2.N#CN. The van der Waals surface area contributed by atoms with Gasteiger partial charge in [-0.1, -0.05) is 11.2 Å². The zero-order chi connectivity index (χ0) is 19.4. The summed E-state index contributed by atoms with van der Waals surface area (Å²) >= 11 is 1.69. The van der Waals surface area contributed by atoms with E-state index in [4.69, 9.17) is 16.2 Å². The summed E-state index contributed by atoms with van der Waals surface area (Å²) < 4.78 is 16.8. The van der Waals surface area contributed by atoms with Crippen LogP contribution in [0.2, 0.25) is 0 Å². The van der Waals surface area contributed by atoms with E-state index in [1.807, 2.05) is 12.3 Å². The molecular formula is C15H20FN7O2S. The number of fused-ring (bicyclic) bond motifs is 1. The molecule has 1 aliphatic carbocycles. The molecule has 0 bridgehead atoms. The number of nitrogens with one attached hydrogen (secondary N) is 1. The summed E-state index contributed by atoms with van der Waals surface area (Å²) in [6.45, 7) is 0.709. The van der Waals surface area contributed by atoms with Gasteiger partial charge in [0.2, 0.25) is 5.82 Å². The van der Waals surface area contributed by atoms with Crippen molar-refractivity contribution < 1.29 is 14.2 Å². The molecule has 0 fully saturated rings. The fourth-order valence-corrected chi connectivity index (χ4v) is 2.26. The first kappa shape index (κ1) is 21.0. The number of hydrogen-bond acceptors (Lipinski definition) is 9. The predicted octanol–water partition coefficient (Wildman–Crippen LogP) is 1.29. The Balaban J connectivity index is 0.000000239. The second kappa shape index (κ2) is 11.5. The molecule has 6 N–H and O–H groups in total. The number of nitrogens with zero attached hydrogens (tertiary/aromatic N) is 4. The van der Waals surface area contributed by atoms with E-state index in [1.165, 1.54) is 23.4 Å². The number of amidine groups is 1. The van der Waals surface area contributed by atoms with Gasteiger partial charge in [-0.2, -0.15) is 17.0 Å². The number of thioether (sulfide) groups is 1. The van der Waals surface area contributed by atoms with Gasteiger partial charge in [0.15, 0.2) is 17.7 Å². The van der Waals surface area contributed by atoms with Crippen LogP contribution in [0.25, 0.3) is 0 Å². The first-order valence-corrected chi connectivity index (χ1v) is 8.87. The molecule has 2 aromatic rings. The average Bonchev–Trinajstić information content (AvgIpc) is 3.07. The van der Waals surface area contributed by atoms with Crippen LogP contribution in [0.3, 0.4) is 0 Å². The fraction of sp³-hybridized carbons (Fsp3) is 0.333. The Morgan fingerprint density at radius 1 is 1.46 bits per heavy atom. The van der Waals surface area contributed by atoms with E-state index >= 15 is 0 Å². The minimum atomic E-state index is -0.127. The second-order valence-electron chi connectivity index (χ2n) is 4.91. The maximum atomic E-state index is 12.4. The molecule has 26 heavy (non-hydrogen) atoms. The molecule has 140 valence electrons. The van der Waals surface area contributed by atoms with Crippen molar-refractivity contribution in [3.05, 3.63) is 40.8 Å². The molecule has 0 aliphatic heterocycles. The number of oxime groups is 1. The first-order chi connectivity index (χ1) is 12.6. The second-order valence-corrected chi connectivity index (χ2v) is 5.89. The number of anilines is 1. The minimum absolute atomic E-state index is 0.103. The number of nitriles is 1. The standard InChI is InChI=1S/C8H7F.C6H11N5O2S.CH2N2/c9-8-4-3-6-1-2-7(6)5-8;1-14-3-2-8-6-4(5(7)9-12)10-13-11-6;2-1-3/h3-5H,1-2H2;12H,2-3H2,1H3,(H2,7,9)(H,8,11);2H2. The van der Waals surface area contributed by atoms with E-state index in [-0.39, 0.29) is 17.3 Å². The highest BCUT2D eigenvalue weighted by Gasteiger charge is 2.13. The molecule has 0 atom stereocenters. The molecule has 9 nitrogen and oxygen atoms in total. The molecule has 11 heteroatoms.